The lowest BCUT2D eigenvalue weighted by Gasteiger charge is -2.09. The highest BCUT2D eigenvalue weighted by Gasteiger charge is 2.31. The van der Waals surface area contributed by atoms with Gasteiger partial charge in [0.25, 0.3) is 5.91 Å². The van der Waals surface area contributed by atoms with Crippen LogP contribution in [0.25, 0.3) is 23.0 Å². The summed E-state index contributed by atoms with van der Waals surface area (Å²) in [6.45, 7) is 4.65. The Labute approximate surface area is 180 Å². The summed E-state index contributed by atoms with van der Waals surface area (Å²) in [5.41, 5.74) is 5.02. The maximum Gasteiger partial charge on any atom is 0.266 e. The van der Waals surface area contributed by atoms with E-state index < -0.39 is 0 Å². The van der Waals surface area contributed by atoms with Crippen molar-refractivity contribution >= 4 is 40.3 Å². The van der Waals surface area contributed by atoms with Crippen LogP contribution in [0.3, 0.4) is 0 Å². The average Bonchev–Trinajstić information content (AvgIpc) is 3.29. The molecule has 0 unspecified atom stereocenters. The van der Waals surface area contributed by atoms with Crippen LogP contribution < -0.4 is 0 Å². The van der Waals surface area contributed by atoms with Crippen molar-refractivity contribution in [1.29, 1.82) is 0 Å². The molecule has 0 atom stereocenters. The van der Waals surface area contributed by atoms with Gasteiger partial charge in [-0.3, -0.25) is 9.69 Å². The molecule has 0 bridgehead atoms. The Kier molecular flexibility index (Phi) is 5.65. The van der Waals surface area contributed by atoms with Crippen LogP contribution >= 0.6 is 24.0 Å². The number of aromatic nitrogens is 2. The smallest absolute Gasteiger partial charge is 0.266 e. The SMILES string of the molecule is CCc1ccc(-c2nn(-c3ccccc3)cc2/C=C2\SC(=S)N(CC)C2=O)cc1. The molecule has 0 spiro atoms. The summed E-state index contributed by atoms with van der Waals surface area (Å²) in [6, 6.07) is 18.4. The van der Waals surface area contributed by atoms with Crippen LogP contribution in [0.15, 0.2) is 65.7 Å². The van der Waals surface area contributed by atoms with Gasteiger partial charge in [-0.15, -0.1) is 0 Å². The Balaban J connectivity index is 1.81. The van der Waals surface area contributed by atoms with Gasteiger partial charge in [-0.25, -0.2) is 4.68 Å². The van der Waals surface area contributed by atoms with Crippen molar-refractivity contribution < 1.29 is 4.79 Å². The maximum absolute atomic E-state index is 12.7. The van der Waals surface area contributed by atoms with Crippen molar-refractivity contribution in [3.05, 3.63) is 76.8 Å². The number of hydrogen-bond donors (Lipinski definition) is 0. The van der Waals surface area contributed by atoms with E-state index in [1.54, 1.807) is 4.90 Å². The average molecular weight is 420 g/mol. The standard InChI is InChI=1S/C23H21N3OS2/c1-3-16-10-12-17(13-11-16)21-18(14-20-22(27)25(4-2)23(28)29-20)15-26(24-21)19-8-6-5-7-9-19/h5-15H,3-4H2,1-2H3/b20-14-. The molecule has 146 valence electrons. The second-order valence-electron chi connectivity index (χ2n) is 6.69. The summed E-state index contributed by atoms with van der Waals surface area (Å²) in [5, 5.41) is 4.84. The molecule has 1 aliphatic rings. The number of benzene rings is 2. The minimum Gasteiger partial charge on any atom is -0.293 e. The molecule has 0 saturated carbocycles. The monoisotopic (exact) mass is 419 g/mol. The van der Waals surface area contributed by atoms with E-state index in [9.17, 15) is 4.79 Å². The Bertz CT molecular complexity index is 1090. The predicted molar refractivity (Wildman–Crippen MR) is 124 cm³/mol. The van der Waals surface area contributed by atoms with E-state index >= 15 is 0 Å². The number of thioether (sulfide) groups is 1. The lowest BCUT2D eigenvalue weighted by atomic mass is 10.0. The Hall–Kier alpha value is -2.70. The zero-order chi connectivity index (χ0) is 20.4. The van der Waals surface area contributed by atoms with Crippen molar-refractivity contribution in [1.82, 2.24) is 14.7 Å². The van der Waals surface area contributed by atoms with E-state index in [1.807, 2.05) is 54.2 Å². The molecule has 1 fully saturated rings. The quantitative estimate of drug-likeness (QED) is 0.414. The van der Waals surface area contributed by atoms with Crippen molar-refractivity contribution in [3.63, 3.8) is 0 Å². The highest BCUT2D eigenvalue weighted by atomic mass is 32.2. The number of hydrogen-bond acceptors (Lipinski definition) is 4. The van der Waals surface area contributed by atoms with Gasteiger partial charge in [0.15, 0.2) is 0 Å². The molecule has 3 aromatic rings. The van der Waals surface area contributed by atoms with Crippen LogP contribution in [-0.4, -0.2) is 31.5 Å². The number of carbonyl (C=O) groups is 1. The second kappa shape index (κ2) is 8.35. The lowest BCUT2D eigenvalue weighted by Crippen LogP contribution is -2.27. The fraction of sp³-hybridized carbons (Fsp3) is 0.174. The van der Waals surface area contributed by atoms with Gasteiger partial charge in [-0.05, 0) is 37.1 Å². The summed E-state index contributed by atoms with van der Waals surface area (Å²) >= 11 is 6.70. The fourth-order valence-corrected chi connectivity index (χ4v) is 4.62. The van der Waals surface area contributed by atoms with Crippen LogP contribution in [0.1, 0.15) is 25.0 Å². The molecule has 0 N–H and O–H groups in total. The first kappa shape index (κ1) is 19.6. The molecule has 1 aliphatic heterocycles. The molecular weight excluding hydrogens is 398 g/mol. The van der Waals surface area contributed by atoms with Crippen molar-refractivity contribution in [2.75, 3.05) is 6.54 Å². The van der Waals surface area contributed by atoms with Gasteiger partial charge in [0.2, 0.25) is 0 Å². The number of aryl methyl sites for hydroxylation is 1. The summed E-state index contributed by atoms with van der Waals surface area (Å²) < 4.78 is 2.46. The number of thiocarbonyl (C=S) groups is 1. The van der Waals surface area contributed by atoms with Crippen molar-refractivity contribution in [2.24, 2.45) is 0 Å². The Morgan fingerprint density at radius 1 is 1.07 bits per heavy atom. The predicted octanol–water partition coefficient (Wildman–Crippen LogP) is 5.32. The molecular formula is C23H21N3OS2. The summed E-state index contributed by atoms with van der Waals surface area (Å²) in [7, 11) is 0. The zero-order valence-corrected chi connectivity index (χ0v) is 18.0. The number of likely N-dealkylation sites (N-methyl/N-ethyl adjacent to an activating group) is 1. The van der Waals surface area contributed by atoms with E-state index in [-0.39, 0.29) is 5.91 Å². The van der Waals surface area contributed by atoms with Gasteiger partial charge >= 0.3 is 0 Å². The van der Waals surface area contributed by atoms with Crippen LogP contribution in [-0.2, 0) is 11.2 Å². The third kappa shape index (κ3) is 3.91. The van der Waals surface area contributed by atoms with Crippen molar-refractivity contribution in [2.45, 2.75) is 20.3 Å². The Morgan fingerprint density at radius 2 is 1.79 bits per heavy atom. The molecule has 2 heterocycles. The fourth-order valence-electron chi connectivity index (χ4n) is 3.24. The van der Waals surface area contributed by atoms with Gasteiger partial charge in [-0.2, -0.15) is 5.10 Å². The van der Waals surface area contributed by atoms with E-state index in [4.69, 9.17) is 17.3 Å². The zero-order valence-electron chi connectivity index (χ0n) is 16.3. The highest BCUT2D eigenvalue weighted by molar-refractivity contribution is 8.26. The first-order valence-electron chi connectivity index (χ1n) is 9.60. The number of para-hydroxylation sites is 1. The number of amides is 1. The molecule has 0 radical (unpaired) electrons. The van der Waals surface area contributed by atoms with Gasteiger partial charge < -0.3 is 0 Å². The number of nitrogens with zero attached hydrogens (tertiary/aromatic N) is 3. The second-order valence-corrected chi connectivity index (χ2v) is 8.37. The third-order valence-corrected chi connectivity index (χ3v) is 6.25. The molecule has 6 heteroatoms. The molecule has 29 heavy (non-hydrogen) atoms. The molecule has 4 nitrogen and oxygen atoms in total. The summed E-state index contributed by atoms with van der Waals surface area (Å²) in [5.74, 6) is -0.0396. The van der Waals surface area contributed by atoms with Gasteiger partial charge in [0.05, 0.1) is 16.3 Å². The van der Waals surface area contributed by atoms with E-state index in [2.05, 4.69) is 31.2 Å². The Morgan fingerprint density at radius 3 is 2.41 bits per heavy atom. The van der Waals surface area contributed by atoms with Crippen LogP contribution in [0, 0.1) is 0 Å². The number of rotatable bonds is 5. The van der Waals surface area contributed by atoms with Crippen LogP contribution in [0.4, 0.5) is 0 Å². The highest BCUT2D eigenvalue weighted by Crippen LogP contribution is 2.34. The minimum atomic E-state index is -0.0396. The first-order chi connectivity index (χ1) is 14.1. The molecule has 4 rings (SSSR count). The normalized spacial score (nSPS) is 15.5. The molecule has 0 aliphatic carbocycles. The summed E-state index contributed by atoms with van der Waals surface area (Å²) in [6.07, 6.45) is 4.87. The van der Waals surface area contributed by atoms with Gasteiger partial charge in [0, 0.05) is 23.9 Å². The molecule has 1 amide bonds. The van der Waals surface area contributed by atoms with E-state index in [0.29, 0.717) is 15.8 Å². The maximum atomic E-state index is 12.7. The van der Waals surface area contributed by atoms with Crippen molar-refractivity contribution in [3.8, 4) is 16.9 Å². The largest absolute Gasteiger partial charge is 0.293 e. The van der Waals surface area contributed by atoms with Gasteiger partial charge in [0.1, 0.15) is 4.32 Å². The third-order valence-electron chi connectivity index (χ3n) is 4.88. The lowest BCUT2D eigenvalue weighted by molar-refractivity contribution is -0.121. The van der Waals surface area contributed by atoms with E-state index in [0.717, 1.165) is 28.9 Å². The molecule has 1 aromatic heterocycles. The van der Waals surface area contributed by atoms with Crippen LogP contribution in [0.2, 0.25) is 0 Å². The molecule has 1 saturated heterocycles. The minimum absolute atomic E-state index is 0.0396. The van der Waals surface area contributed by atoms with Gasteiger partial charge in [-0.1, -0.05) is 73.4 Å². The van der Waals surface area contributed by atoms with Crippen LogP contribution in [0.5, 0.6) is 0 Å². The molecule has 2 aromatic carbocycles. The summed E-state index contributed by atoms with van der Waals surface area (Å²) in [4.78, 5) is 14.9. The number of carbonyl (C=O) groups excluding carboxylic acids is 1. The topological polar surface area (TPSA) is 38.1 Å². The van der Waals surface area contributed by atoms with E-state index in [1.165, 1.54) is 17.3 Å². The first-order valence-corrected chi connectivity index (χ1v) is 10.8.